The van der Waals surface area contributed by atoms with E-state index >= 15 is 0 Å². The van der Waals surface area contributed by atoms with Crippen molar-refractivity contribution in [1.82, 2.24) is 9.80 Å². The van der Waals surface area contributed by atoms with Gasteiger partial charge in [-0.25, -0.2) is 0 Å². The first kappa shape index (κ1) is 19.9. The summed E-state index contributed by atoms with van der Waals surface area (Å²) in [6.45, 7) is 5.10. The highest BCUT2D eigenvalue weighted by Gasteiger charge is 2.47. The molecular formula is C22H26N2O4. The van der Waals surface area contributed by atoms with Gasteiger partial charge in [-0.2, -0.15) is 0 Å². The van der Waals surface area contributed by atoms with Crippen LogP contribution in [0.3, 0.4) is 0 Å². The molecule has 6 heteroatoms. The third-order valence-corrected chi connectivity index (χ3v) is 5.14. The molecule has 0 radical (unpaired) electrons. The Bertz CT molecular complexity index is 913. The third kappa shape index (κ3) is 3.73. The zero-order valence-electron chi connectivity index (χ0n) is 16.7. The van der Waals surface area contributed by atoms with Gasteiger partial charge in [0.15, 0.2) is 0 Å². The smallest absolute Gasteiger partial charge is 0.295 e. The summed E-state index contributed by atoms with van der Waals surface area (Å²) in [6, 6.07) is 8.19. The third-order valence-electron chi connectivity index (χ3n) is 5.14. The van der Waals surface area contributed by atoms with E-state index in [9.17, 15) is 14.7 Å². The predicted molar refractivity (Wildman–Crippen MR) is 107 cm³/mol. The summed E-state index contributed by atoms with van der Waals surface area (Å²) in [4.78, 5) is 29.1. The molecule has 1 fully saturated rings. The Hall–Kier alpha value is -2.86. The largest absolute Gasteiger partial charge is 0.507 e. The SMILES string of the molecule is Cc1ccc(/C(O)=C2/C(=O)C(=O)N(CCCN(C)C)C2c2ccco2)cc1C. The van der Waals surface area contributed by atoms with Gasteiger partial charge in [0.25, 0.3) is 11.7 Å². The van der Waals surface area contributed by atoms with E-state index in [0.29, 0.717) is 24.3 Å². The Morgan fingerprint density at radius 2 is 1.93 bits per heavy atom. The number of ketones is 1. The molecule has 2 aromatic rings. The van der Waals surface area contributed by atoms with E-state index in [1.807, 2.05) is 45.0 Å². The topological polar surface area (TPSA) is 74.0 Å². The van der Waals surface area contributed by atoms with Crippen LogP contribution in [0.25, 0.3) is 5.76 Å². The zero-order chi connectivity index (χ0) is 20.4. The lowest BCUT2D eigenvalue weighted by Gasteiger charge is -2.24. The number of carbonyl (C=O) groups is 2. The van der Waals surface area contributed by atoms with Crippen LogP contribution in [-0.2, 0) is 9.59 Å². The average molecular weight is 382 g/mol. The van der Waals surface area contributed by atoms with E-state index in [2.05, 4.69) is 0 Å². The quantitative estimate of drug-likeness (QED) is 0.472. The van der Waals surface area contributed by atoms with Gasteiger partial charge in [0.1, 0.15) is 17.6 Å². The molecule has 1 atom stereocenters. The molecule has 148 valence electrons. The molecule has 1 aliphatic heterocycles. The highest BCUT2D eigenvalue weighted by molar-refractivity contribution is 6.46. The molecule has 0 bridgehead atoms. The lowest BCUT2D eigenvalue weighted by atomic mass is 9.97. The second kappa shape index (κ2) is 8.02. The van der Waals surface area contributed by atoms with Crippen molar-refractivity contribution in [3.05, 3.63) is 64.6 Å². The second-order valence-corrected chi connectivity index (χ2v) is 7.46. The number of nitrogens with zero attached hydrogens (tertiary/aromatic N) is 2. The van der Waals surface area contributed by atoms with E-state index in [0.717, 1.165) is 17.7 Å². The molecule has 1 N–H and O–H groups in total. The Balaban J connectivity index is 2.05. The van der Waals surface area contributed by atoms with Gasteiger partial charge in [0, 0.05) is 12.1 Å². The zero-order valence-corrected chi connectivity index (χ0v) is 16.7. The van der Waals surface area contributed by atoms with Crippen molar-refractivity contribution in [2.24, 2.45) is 0 Å². The molecule has 3 rings (SSSR count). The normalized spacial score (nSPS) is 19.0. The van der Waals surface area contributed by atoms with E-state index in [4.69, 9.17) is 4.42 Å². The number of carbonyl (C=O) groups excluding carboxylic acids is 2. The van der Waals surface area contributed by atoms with Gasteiger partial charge in [0.2, 0.25) is 0 Å². The fourth-order valence-electron chi connectivity index (χ4n) is 3.45. The summed E-state index contributed by atoms with van der Waals surface area (Å²) >= 11 is 0. The lowest BCUT2D eigenvalue weighted by molar-refractivity contribution is -0.140. The first-order valence-corrected chi connectivity index (χ1v) is 9.35. The van der Waals surface area contributed by atoms with E-state index in [1.165, 1.54) is 11.2 Å². The number of aliphatic hydroxyl groups excluding tert-OH is 1. The van der Waals surface area contributed by atoms with Crippen LogP contribution in [0.5, 0.6) is 0 Å². The number of hydrogen-bond donors (Lipinski definition) is 1. The minimum Gasteiger partial charge on any atom is -0.507 e. The van der Waals surface area contributed by atoms with Crippen LogP contribution >= 0.6 is 0 Å². The van der Waals surface area contributed by atoms with Gasteiger partial charge >= 0.3 is 0 Å². The number of amides is 1. The summed E-state index contributed by atoms with van der Waals surface area (Å²) < 4.78 is 5.53. The monoisotopic (exact) mass is 382 g/mol. The van der Waals surface area contributed by atoms with Gasteiger partial charge in [-0.3, -0.25) is 9.59 Å². The van der Waals surface area contributed by atoms with Crippen LogP contribution in [-0.4, -0.2) is 53.8 Å². The number of aliphatic hydroxyl groups is 1. The van der Waals surface area contributed by atoms with Crippen LogP contribution in [0.4, 0.5) is 0 Å². The van der Waals surface area contributed by atoms with Crippen molar-refractivity contribution in [2.45, 2.75) is 26.3 Å². The van der Waals surface area contributed by atoms with Gasteiger partial charge in [-0.1, -0.05) is 12.1 Å². The first-order valence-electron chi connectivity index (χ1n) is 9.35. The minimum atomic E-state index is -0.723. The Morgan fingerprint density at radius 1 is 1.18 bits per heavy atom. The summed E-state index contributed by atoms with van der Waals surface area (Å²) in [5, 5.41) is 11.0. The standard InChI is InChI=1S/C22H26N2O4/c1-14-8-9-16(13-15(14)2)20(25)18-19(17-7-5-12-28-17)24(22(27)21(18)26)11-6-10-23(3)4/h5,7-9,12-13,19,25H,6,10-11H2,1-4H3/b20-18-. The van der Waals surface area contributed by atoms with Gasteiger partial charge in [0.05, 0.1) is 11.8 Å². The van der Waals surface area contributed by atoms with Crippen molar-refractivity contribution >= 4 is 17.4 Å². The molecule has 1 aliphatic rings. The van der Waals surface area contributed by atoms with Crippen molar-refractivity contribution in [3.63, 3.8) is 0 Å². The number of Topliss-reactive ketones (excluding diaryl/α,β-unsaturated/α-hetero) is 1. The number of rotatable bonds is 6. The van der Waals surface area contributed by atoms with Crippen molar-refractivity contribution < 1.29 is 19.1 Å². The van der Waals surface area contributed by atoms with Crippen LogP contribution in [0.15, 0.2) is 46.6 Å². The molecule has 0 aliphatic carbocycles. The van der Waals surface area contributed by atoms with Gasteiger partial charge in [-0.15, -0.1) is 0 Å². The molecule has 1 amide bonds. The van der Waals surface area contributed by atoms with E-state index in [1.54, 1.807) is 18.2 Å². The number of furan rings is 1. The van der Waals surface area contributed by atoms with Crippen LogP contribution < -0.4 is 0 Å². The summed E-state index contributed by atoms with van der Waals surface area (Å²) in [7, 11) is 3.91. The molecule has 0 spiro atoms. The van der Waals surface area contributed by atoms with Crippen LogP contribution in [0, 0.1) is 13.8 Å². The Kier molecular flexibility index (Phi) is 5.70. The summed E-state index contributed by atoms with van der Waals surface area (Å²) in [5.74, 6) is -0.986. The molecule has 6 nitrogen and oxygen atoms in total. The fourth-order valence-corrected chi connectivity index (χ4v) is 3.45. The van der Waals surface area contributed by atoms with E-state index < -0.39 is 17.7 Å². The fraction of sp³-hybridized carbons (Fsp3) is 0.364. The summed E-state index contributed by atoms with van der Waals surface area (Å²) in [5.41, 5.74) is 2.68. The lowest BCUT2D eigenvalue weighted by Crippen LogP contribution is -2.32. The highest BCUT2D eigenvalue weighted by Crippen LogP contribution is 2.39. The van der Waals surface area contributed by atoms with Crippen molar-refractivity contribution in [2.75, 3.05) is 27.2 Å². The molecular weight excluding hydrogens is 356 g/mol. The highest BCUT2D eigenvalue weighted by atomic mass is 16.3. The number of benzene rings is 1. The number of likely N-dealkylation sites (tertiary alicyclic amines) is 1. The van der Waals surface area contributed by atoms with Gasteiger partial charge in [-0.05, 0) is 70.2 Å². The molecule has 1 aromatic carbocycles. The van der Waals surface area contributed by atoms with Gasteiger partial charge < -0.3 is 19.3 Å². The maximum atomic E-state index is 12.8. The molecule has 2 heterocycles. The molecule has 1 unspecified atom stereocenters. The first-order chi connectivity index (χ1) is 13.3. The Labute approximate surface area is 165 Å². The molecule has 0 saturated carbocycles. The second-order valence-electron chi connectivity index (χ2n) is 7.46. The van der Waals surface area contributed by atoms with Crippen molar-refractivity contribution in [3.8, 4) is 0 Å². The summed E-state index contributed by atoms with van der Waals surface area (Å²) in [6.07, 6.45) is 2.21. The van der Waals surface area contributed by atoms with E-state index in [-0.39, 0.29) is 11.3 Å². The minimum absolute atomic E-state index is 0.0769. The predicted octanol–water partition coefficient (Wildman–Crippen LogP) is 3.27. The molecule has 1 saturated heterocycles. The molecule has 1 aromatic heterocycles. The van der Waals surface area contributed by atoms with Crippen LogP contribution in [0.2, 0.25) is 0 Å². The Morgan fingerprint density at radius 3 is 2.54 bits per heavy atom. The van der Waals surface area contributed by atoms with Crippen LogP contribution in [0.1, 0.15) is 34.9 Å². The maximum Gasteiger partial charge on any atom is 0.295 e. The number of hydrogen-bond acceptors (Lipinski definition) is 5. The van der Waals surface area contributed by atoms with Crippen molar-refractivity contribution in [1.29, 1.82) is 0 Å². The maximum absolute atomic E-state index is 12.8. The number of aryl methyl sites for hydroxylation is 2. The average Bonchev–Trinajstić information content (AvgIpc) is 3.25. The molecule has 28 heavy (non-hydrogen) atoms.